The van der Waals surface area contributed by atoms with Gasteiger partial charge in [-0.2, -0.15) is 0 Å². The molecule has 0 fully saturated rings. The minimum atomic E-state index is -0.702. The smallest absolute Gasteiger partial charge is 0.269 e. The number of carbonyl (C=O) groups excluding carboxylic acids is 1. The molecule has 0 aliphatic carbocycles. The summed E-state index contributed by atoms with van der Waals surface area (Å²) in [6.45, 7) is 6.27. The number of amides is 1. The van der Waals surface area contributed by atoms with Crippen molar-refractivity contribution in [1.29, 1.82) is 0 Å². The Morgan fingerprint density at radius 2 is 1.83 bits per heavy atom. The predicted octanol–water partition coefficient (Wildman–Crippen LogP) is 2.55. The summed E-state index contributed by atoms with van der Waals surface area (Å²) >= 11 is 0. The van der Waals surface area contributed by atoms with Crippen molar-refractivity contribution in [1.82, 2.24) is 9.97 Å². The van der Waals surface area contributed by atoms with E-state index in [1.165, 1.54) is 0 Å². The fourth-order valence-electron chi connectivity index (χ4n) is 2.15. The van der Waals surface area contributed by atoms with E-state index in [2.05, 4.69) is 15.3 Å². The van der Waals surface area contributed by atoms with Crippen LogP contribution in [0.15, 0.2) is 36.7 Å². The molecule has 6 heteroatoms. The molecule has 1 aliphatic rings. The fraction of sp³-hybridized carbons (Fsp3) is 0.353. The van der Waals surface area contributed by atoms with E-state index >= 15 is 0 Å². The van der Waals surface area contributed by atoms with E-state index in [1.807, 2.05) is 39.0 Å². The van der Waals surface area contributed by atoms with Gasteiger partial charge in [0.05, 0.1) is 18.1 Å². The number of para-hydroxylation sites is 2. The van der Waals surface area contributed by atoms with E-state index in [9.17, 15) is 4.79 Å². The summed E-state index contributed by atoms with van der Waals surface area (Å²) in [5.74, 6) is 1.65. The number of benzene rings is 1. The second kappa shape index (κ2) is 5.87. The van der Waals surface area contributed by atoms with Crippen LogP contribution in [0, 0.1) is 0 Å². The molecule has 1 N–H and O–H groups in total. The number of nitrogens with one attached hydrogen (secondary N) is 1. The summed E-state index contributed by atoms with van der Waals surface area (Å²) in [5, 5.41) is 2.75. The largest absolute Gasteiger partial charge is 0.485 e. The molecule has 1 atom stereocenters. The number of anilines is 1. The molecule has 1 amide bonds. The lowest BCUT2D eigenvalue weighted by molar-refractivity contribution is -0.125. The van der Waals surface area contributed by atoms with Gasteiger partial charge < -0.3 is 14.8 Å². The van der Waals surface area contributed by atoms with E-state index in [0.29, 0.717) is 17.2 Å². The SMILES string of the molecule is CC(C)(C)c1ncc(NC(=O)[C@@H]2COc3ccccc3O2)cn1. The average Bonchev–Trinajstić information content (AvgIpc) is 2.54. The van der Waals surface area contributed by atoms with Gasteiger partial charge in [0, 0.05) is 5.41 Å². The first-order valence-corrected chi connectivity index (χ1v) is 7.45. The van der Waals surface area contributed by atoms with Gasteiger partial charge in [-0.15, -0.1) is 0 Å². The van der Waals surface area contributed by atoms with Crippen LogP contribution in [0.25, 0.3) is 0 Å². The van der Waals surface area contributed by atoms with Crippen LogP contribution >= 0.6 is 0 Å². The molecule has 3 rings (SSSR count). The topological polar surface area (TPSA) is 73.3 Å². The van der Waals surface area contributed by atoms with Gasteiger partial charge in [-0.05, 0) is 12.1 Å². The third-order valence-corrected chi connectivity index (χ3v) is 3.39. The number of rotatable bonds is 2. The van der Waals surface area contributed by atoms with Crippen LogP contribution in [-0.4, -0.2) is 28.6 Å². The highest BCUT2D eigenvalue weighted by molar-refractivity contribution is 5.94. The van der Waals surface area contributed by atoms with Gasteiger partial charge in [0.1, 0.15) is 12.4 Å². The summed E-state index contributed by atoms with van der Waals surface area (Å²) in [7, 11) is 0. The second-order valence-corrected chi connectivity index (χ2v) is 6.40. The van der Waals surface area contributed by atoms with E-state index in [-0.39, 0.29) is 17.9 Å². The monoisotopic (exact) mass is 313 g/mol. The van der Waals surface area contributed by atoms with E-state index in [4.69, 9.17) is 9.47 Å². The van der Waals surface area contributed by atoms with Crippen molar-refractivity contribution in [2.45, 2.75) is 32.3 Å². The molecular weight excluding hydrogens is 294 g/mol. The molecule has 0 saturated carbocycles. The third kappa shape index (κ3) is 3.41. The molecule has 23 heavy (non-hydrogen) atoms. The molecule has 1 aromatic carbocycles. The zero-order chi connectivity index (χ0) is 16.4. The maximum Gasteiger partial charge on any atom is 0.269 e. The standard InChI is InChI=1S/C17H19N3O3/c1-17(2,3)16-18-8-11(9-19-16)20-15(21)14-10-22-12-6-4-5-7-13(12)23-14/h4-9,14H,10H2,1-3H3,(H,20,21)/t14-/m0/s1. The molecule has 2 aromatic rings. The number of fused-ring (bicyclic) bond motifs is 1. The minimum absolute atomic E-state index is 0.132. The lowest BCUT2D eigenvalue weighted by atomic mass is 9.96. The van der Waals surface area contributed by atoms with Crippen molar-refractivity contribution in [2.24, 2.45) is 0 Å². The number of hydrogen-bond acceptors (Lipinski definition) is 5. The van der Waals surface area contributed by atoms with Crippen LogP contribution in [0.3, 0.4) is 0 Å². The fourth-order valence-corrected chi connectivity index (χ4v) is 2.15. The molecule has 0 radical (unpaired) electrons. The van der Waals surface area contributed by atoms with Crippen LogP contribution in [0.2, 0.25) is 0 Å². The molecule has 0 bridgehead atoms. The zero-order valence-electron chi connectivity index (χ0n) is 13.4. The molecule has 1 aliphatic heterocycles. The highest BCUT2D eigenvalue weighted by Gasteiger charge is 2.27. The van der Waals surface area contributed by atoms with E-state index in [0.717, 1.165) is 5.82 Å². The highest BCUT2D eigenvalue weighted by Crippen LogP contribution is 2.31. The van der Waals surface area contributed by atoms with Crippen molar-refractivity contribution in [3.8, 4) is 11.5 Å². The number of ether oxygens (including phenoxy) is 2. The van der Waals surface area contributed by atoms with Crippen molar-refractivity contribution < 1.29 is 14.3 Å². The maximum absolute atomic E-state index is 12.3. The molecule has 0 unspecified atom stereocenters. The minimum Gasteiger partial charge on any atom is -0.485 e. The van der Waals surface area contributed by atoms with E-state index < -0.39 is 6.10 Å². The lowest BCUT2D eigenvalue weighted by Gasteiger charge is -2.25. The van der Waals surface area contributed by atoms with Gasteiger partial charge in [-0.3, -0.25) is 4.79 Å². The van der Waals surface area contributed by atoms with Gasteiger partial charge in [-0.25, -0.2) is 9.97 Å². The van der Waals surface area contributed by atoms with Crippen LogP contribution < -0.4 is 14.8 Å². The molecule has 2 heterocycles. The molecule has 0 saturated heterocycles. The van der Waals surface area contributed by atoms with Crippen molar-refractivity contribution >= 4 is 11.6 Å². The van der Waals surface area contributed by atoms with Crippen molar-refractivity contribution in [2.75, 3.05) is 11.9 Å². The quantitative estimate of drug-likeness (QED) is 0.922. The number of carbonyl (C=O) groups is 1. The maximum atomic E-state index is 12.3. The van der Waals surface area contributed by atoms with Gasteiger partial charge in [-0.1, -0.05) is 32.9 Å². The van der Waals surface area contributed by atoms with Crippen LogP contribution in [0.5, 0.6) is 11.5 Å². The summed E-state index contributed by atoms with van der Waals surface area (Å²) in [4.78, 5) is 20.9. The molecular formula is C17H19N3O3. The second-order valence-electron chi connectivity index (χ2n) is 6.40. The van der Waals surface area contributed by atoms with Gasteiger partial charge in [0.15, 0.2) is 11.5 Å². The highest BCUT2D eigenvalue weighted by atomic mass is 16.6. The lowest BCUT2D eigenvalue weighted by Crippen LogP contribution is -2.40. The Labute approximate surface area is 134 Å². The first-order chi connectivity index (χ1) is 10.9. The Hall–Kier alpha value is -2.63. The molecule has 6 nitrogen and oxygen atoms in total. The first kappa shape index (κ1) is 15.3. The third-order valence-electron chi connectivity index (χ3n) is 3.39. The zero-order valence-corrected chi connectivity index (χ0v) is 13.4. The number of nitrogens with zero attached hydrogens (tertiary/aromatic N) is 2. The summed E-state index contributed by atoms with van der Waals surface area (Å²) in [6, 6.07) is 7.27. The van der Waals surface area contributed by atoms with E-state index in [1.54, 1.807) is 18.5 Å². The molecule has 1 aromatic heterocycles. The normalized spacial score (nSPS) is 16.7. The Morgan fingerprint density at radius 1 is 1.17 bits per heavy atom. The summed E-state index contributed by atoms with van der Waals surface area (Å²) in [5.41, 5.74) is 0.400. The van der Waals surface area contributed by atoms with Crippen LogP contribution in [-0.2, 0) is 10.2 Å². The number of aromatic nitrogens is 2. The number of hydrogen-bond donors (Lipinski definition) is 1. The van der Waals surface area contributed by atoms with Crippen molar-refractivity contribution in [3.05, 3.63) is 42.5 Å². The Bertz CT molecular complexity index is 708. The average molecular weight is 313 g/mol. The molecule has 0 spiro atoms. The van der Waals surface area contributed by atoms with Gasteiger partial charge >= 0.3 is 0 Å². The Balaban J connectivity index is 1.66. The predicted molar refractivity (Wildman–Crippen MR) is 85.7 cm³/mol. The van der Waals surface area contributed by atoms with Crippen LogP contribution in [0.4, 0.5) is 5.69 Å². The summed E-state index contributed by atoms with van der Waals surface area (Å²) in [6.07, 6.45) is 2.50. The summed E-state index contributed by atoms with van der Waals surface area (Å²) < 4.78 is 11.2. The molecule has 120 valence electrons. The Morgan fingerprint density at radius 3 is 2.48 bits per heavy atom. The van der Waals surface area contributed by atoms with Crippen molar-refractivity contribution in [3.63, 3.8) is 0 Å². The van der Waals surface area contributed by atoms with Gasteiger partial charge in [0.2, 0.25) is 6.10 Å². The Kier molecular flexibility index (Phi) is 3.90. The first-order valence-electron chi connectivity index (χ1n) is 7.45. The van der Waals surface area contributed by atoms with Gasteiger partial charge in [0.25, 0.3) is 5.91 Å². The van der Waals surface area contributed by atoms with Crippen LogP contribution in [0.1, 0.15) is 26.6 Å².